The Morgan fingerprint density at radius 2 is 2.07 bits per heavy atom. The molecule has 1 aromatic carbocycles. The van der Waals surface area contributed by atoms with E-state index in [2.05, 4.69) is 34.8 Å². The van der Waals surface area contributed by atoms with Crippen LogP contribution >= 0.6 is 15.9 Å². The van der Waals surface area contributed by atoms with Gasteiger partial charge in [-0.1, -0.05) is 15.9 Å². The molecule has 0 spiro atoms. The second kappa shape index (κ2) is 3.24. The monoisotopic (exact) mass is 250 g/mol. The van der Waals surface area contributed by atoms with Crippen molar-refractivity contribution in [3.8, 4) is 0 Å². The van der Waals surface area contributed by atoms with Crippen molar-refractivity contribution in [3.05, 3.63) is 33.9 Å². The van der Waals surface area contributed by atoms with Crippen molar-refractivity contribution in [1.82, 2.24) is 4.98 Å². The predicted octanol–water partition coefficient (Wildman–Crippen LogP) is 3.20. The van der Waals surface area contributed by atoms with Crippen LogP contribution in [-0.4, -0.2) is 4.98 Å². The number of fused-ring (bicyclic) bond motifs is 1. The number of nitrogens with zero attached hydrogens (tertiary/aromatic N) is 1. The van der Waals surface area contributed by atoms with Gasteiger partial charge in [-0.3, -0.25) is 4.98 Å². The van der Waals surface area contributed by atoms with E-state index in [4.69, 9.17) is 5.73 Å². The Hall–Kier alpha value is -1.09. The average Bonchev–Trinajstić information content (AvgIpc) is 2.14. The first-order chi connectivity index (χ1) is 6.61. The molecule has 0 saturated heterocycles. The maximum absolute atomic E-state index is 5.92. The van der Waals surface area contributed by atoms with Gasteiger partial charge in [0.2, 0.25) is 0 Å². The number of hydrogen-bond acceptors (Lipinski definition) is 2. The first kappa shape index (κ1) is 9.46. The van der Waals surface area contributed by atoms with Crippen molar-refractivity contribution < 1.29 is 0 Å². The minimum atomic E-state index is 0.785. The molecule has 0 aliphatic carbocycles. The second-order valence-electron chi connectivity index (χ2n) is 3.43. The number of halogens is 1. The molecule has 1 heterocycles. The number of pyridine rings is 1. The average molecular weight is 251 g/mol. The van der Waals surface area contributed by atoms with Crippen LogP contribution in [0.5, 0.6) is 0 Å². The molecule has 2 rings (SSSR count). The summed E-state index contributed by atoms with van der Waals surface area (Å²) >= 11 is 3.55. The lowest BCUT2D eigenvalue weighted by Crippen LogP contribution is -1.93. The van der Waals surface area contributed by atoms with Crippen molar-refractivity contribution in [2.24, 2.45) is 0 Å². The molecule has 0 unspecified atom stereocenters. The van der Waals surface area contributed by atoms with E-state index in [0.717, 1.165) is 26.6 Å². The van der Waals surface area contributed by atoms with E-state index in [0.29, 0.717) is 0 Å². The van der Waals surface area contributed by atoms with Crippen LogP contribution in [0.3, 0.4) is 0 Å². The number of rotatable bonds is 0. The van der Waals surface area contributed by atoms with Gasteiger partial charge in [0.1, 0.15) is 0 Å². The van der Waals surface area contributed by atoms with Gasteiger partial charge in [0.25, 0.3) is 0 Å². The summed E-state index contributed by atoms with van der Waals surface area (Å²) in [6.45, 7) is 4.11. The highest BCUT2D eigenvalue weighted by Gasteiger charge is 2.07. The standard InChI is InChI=1S/C11H11BrN2/c1-6-5-9-10(7(2)11(6)12)8(13)3-4-14-9/h3-5H,1-2H3,(H2,13,14). The molecule has 14 heavy (non-hydrogen) atoms. The summed E-state index contributed by atoms with van der Waals surface area (Å²) in [5.41, 5.74) is 10.0. The molecule has 0 aliphatic rings. The smallest absolute Gasteiger partial charge is 0.0728 e. The van der Waals surface area contributed by atoms with Gasteiger partial charge in [0.05, 0.1) is 5.52 Å². The van der Waals surface area contributed by atoms with E-state index in [1.807, 2.05) is 12.1 Å². The number of nitrogens with two attached hydrogens (primary N) is 1. The third-order valence-corrected chi connectivity index (χ3v) is 3.64. The molecule has 1 aromatic heterocycles. The Morgan fingerprint density at radius 3 is 2.79 bits per heavy atom. The van der Waals surface area contributed by atoms with Crippen LogP contribution in [0, 0.1) is 13.8 Å². The molecular formula is C11H11BrN2. The van der Waals surface area contributed by atoms with E-state index >= 15 is 0 Å². The quantitative estimate of drug-likeness (QED) is 0.780. The normalized spacial score (nSPS) is 10.8. The number of anilines is 1. The zero-order valence-electron chi connectivity index (χ0n) is 8.13. The first-order valence-corrected chi connectivity index (χ1v) is 5.20. The fraction of sp³-hybridized carbons (Fsp3) is 0.182. The van der Waals surface area contributed by atoms with Gasteiger partial charge < -0.3 is 5.73 Å². The fourth-order valence-electron chi connectivity index (χ4n) is 1.69. The number of benzene rings is 1. The minimum Gasteiger partial charge on any atom is -0.398 e. The van der Waals surface area contributed by atoms with Crippen LogP contribution in [0.25, 0.3) is 10.9 Å². The molecule has 3 heteroatoms. The Bertz CT molecular complexity index is 506. The van der Waals surface area contributed by atoms with Crippen molar-refractivity contribution in [1.29, 1.82) is 0 Å². The Kier molecular flexibility index (Phi) is 2.19. The van der Waals surface area contributed by atoms with Gasteiger partial charge >= 0.3 is 0 Å². The molecule has 0 aliphatic heterocycles. The summed E-state index contributed by atoms with van der Waals surface area (Å²) in [5, 5.41) is 1.05. The Labute approximate surface area is 91.3 Å². The SMILES string of the molecule is Cc1cc2nccc(N)c2c(C)c1Br. The third-order valence-electron chi connectivity index (χ3n) is 2.42. The van der Waals surface area contributed by atoms with Crippen molar-refractivity contribution in [3.63, 3.8) is 0 Å². The minimum absolute atomic E-state index is 0.785. The fourth-order valence-corrected chi connectivity index (χ4v) is 2.00. The van der Waals surface area contributed by atoms with Crippen LogP contribution in [0.4, 0.5) is 5.69 Å². The van der Waals surface area contributed by atoms with Crippen LogP contribution < -0.4 is 5.73 Å². The summed E-state index contributed by atoms with van der Waals surface area (Å²) in [7, 11) is 0. The summed E-state index contributed by atoms with van der Waals surface area (Å²) in [4.78, 5) is 4.30. The summed E-state index contributed by atoms with van der Waals surface area (Å²) in [6.07, 6.45) is 1.74. The highest BCUT2D eigenvalue weighted by molar-refractivity contribution is 9.10. The topological polar surface area (TPSA) is 38.9 Å². The van der Waals surface area contributed by atoms with Gasteiger partial charge in [-0.15, -0.1) is 0 Å². The van der Waals surface area contributed by atoms with Gasteiger partial charge in [-0.2, -0.15) is 0 Å². The number of aryl methyl sites for hydroxylation is 2. The number of hydrogen-bond donors (Lipinski definition) is 1. The third kappa shape index (κ3) is 1.28. The molecule has 0 atom stereocenters. The molecule has 0 amide bonds. The van der Waals surface area contributed by atoms with Crippen LogP contribution in [0.15, 0.2) is 22.8 Å². The van der Waals surface area contributed by atoms with E-state index < -0.39 is 0 Å². The molecule has 72 valence electrons. The lowest BCUT2D eigenvalue weighted by molar-refractivity contribution is 1.33. The first-order valence-electron chi connectivity index (χ1n) is 4.41. The van der Waals surface area contributed by atoms with Crippen LogP contribution in [0.1, 0.15) is 11.1 Å². The van der Waals surface area contributed by atoms with Crippen LogP contribution in [-0.2, 0) is 0 Å². The number of nitrogen functional groups attached to an aromatic ring is 1. The molecule has 0 saturated carbocycles. The molecule has 0 radical (unpaired) electrons. The van der Waals surface area contributed by atoms with Gasteiger partial charge in [0, 0.05) is 21.7 Å². The molecule has 2 nitrogen and oxygen atoms in total. The molecule has 2 N–H and O–H groups in total. The zero-order valence-corrected chi connectivity index (χ0v) is 9.72. The van der Waals surface area contributed by atoms with E-state index in [1.165, 1.54) is 5.56 Å². The zero-order chi connectivity index (χ0) is 10.3. The maximum Gasteiger partial charge on any atom is 0.0728 e. The maximum atomic E-state index is 5.92. The molecule has 2 aromatic rings. The highest BCUT2D eigenvalue weighted by atomic mass is 79.9. The largest absolute Gasteiger partial charge is 0.398 e. The molecular weight excluding hydrogens is 240 g/mol. The lowest BCUT2D eigenvalue weighted by atomic mass is 10.1. The van der Waals surface area contributed by atoms with Crippen molar-refractivity contribution >= 4 is 32.5 Å². The van der Waals surface area contributed by atoms with E-state index in [9.17, 15) is 0 Å². The summed E-state index contributed by atoms with van der Waals surface area (Å²) in [6, 6.07) is 3.87. The predicted molar refractivity (Wildman–Crippen MR) is 63.3 cm³/mol. The second-order valence-corrected chi connectivity index (χ2v) is 4.22. The highest BCUT2D eigenvalue weighted by Crippen LogP contribution is 2.31. The van der Waals surface area contributed by atoms with Gasteiger partial charge in [-0.25, -0.2) is 0 Å². The van der Waals surface area contributed by atoms with Crippen LogP contribution in [0.2, 0.25) is 0 Å². The Morgan fingerprint density at radius 1 is 1.36 bits per heavy atom. The van der Waals surface area contributed by atoms with E-state index in [1.54, 1.807) is 6.20 Å². The molecule has 0 bridgehead atoms. The van der Waals surface area contributed by atoms with Gasteiger partial charge in [0.15, 0.2) is 0 Å². The van der Waals surface area contributed by atoms with Gasteiger partial charge in [-0.05, 0) is 37.1 Å². The van der Waals surface area contributed by atoms with Crippen molar-refractivity contribution in [2.45, 2.75) is 13.8 Å². The van der Waals surface area contributed by atoms with E-state index in [-0.39, 0.29) is 0 Å². The summed E-state index contributed by atoms with van der Waals surface area (Å²) < 4.78 is 1.12. The number of aromatic nitrogens is 1. The van der Waals surface area contributed by atoms with Crippen molar-refractivity contribution in [2.75, 3.05) is 5.73 Å². The Balaban J connectivity index is 2.99. The molecule has 0 fully saturated rings. The lowest BCUT2D eigenvalue weighted by Gasteiger charge is -2.09. The summed E-state index contributed by atoms with van der Waals surface area (Å²) in [5.74, 6) is 0.